The van der Waals surface area contributed by atoms with E-state index in [9.17, 15) is 14.9 Å². The highest BCUT2D eigenvalue weighted by Gasteiger charge is 2.35. The Morgan fingerprint density at radius 1 is 1.47 bits per heavy atom. The normalized spacial score (nSPS) is 28.0. The summed E-state index contributed by atoms with van der Waals surface area (Å²) in [5.74, 6) is 0.145. The second kappa shape index (κ2) is 4.31. The zero-order valence-corrected chi connectivity index (χ0v) is 10.0. The van der Waals surface area contributed by atoms with Crippen LogP contribution in [0.3, 0.4) is 0 Å². The third kappa shape index (κ3) is 2.09. The first-order chi connectivity index (χ1) is 8.00. The van der Waals surface area contributed by atoms with Gasteiger partial charge in [-0.1, -0.05) is 0 Å². The Kier molecular flexibility index (Phi) is 3.00. The van der Waals surface area contributed by atoms with Crippen molar-refractivity contribution in [1.82, 2.24) is 4.90 Å². The van der Waals surface area contributed by atoms with E-state index in [1.807, 2.05) is 6.92 Å². The molecule has 2 atom stereocenters. The van der Waals surface area contributed by atoms with Crippen molar-refractivity contribution in [2.45, 2.75) is 39.2 Å². The fourth-order valence-corrected chi connectivity index (χ4v) is 2.72. The third-order valence-corrected chi connectivity index (χ3v) is 3.55. The smallest absolute Gasteiger partial charge is 0.246 e. The number of allylic oxidation sites excluding steroid dienone is 4. The molecule has 2 aliphatic rings. The Morgan fingerprint density at radius 3 is 2.76 bits per heavy atom. The van der Waals surface area contributed by atoms with Crippen molar-refractivity contribution in [3.63, 3.8) is 0 Å². The minimum absolute atomic E-state index is 0.0198. The predicted molar refractivity (Wildman–Crippen MR) is 62.5 cm³/mol. The lowest BCUT2D eigenvalue weighted by Crippen LogP contribution is -2.43. The molecule has 1 fully saturated rings. The zero-order valence-electron chi connectivity index (χ0n) is 10.0. The average Bonchev–Trinajstić information content (AvgIpc) is 2.27. The van der Waals surface area contributed by atoms with Crippen LogP contribution < -0.4 is 0 Å². The van der Waals surface area contributed by atoms with E-state index in [1.165, 1.54) is 6.08 Å². The van der Waals surface area contributed by atoms with Gasteiger partial charge in [0, 0.05) is 37.1 Å². The number of hydrogen-bond acceptors (Lipinski definition) is 3. The van der Waals surface area contributed by atoms with Gasteiger partial charge in [-0.3, -0.25) is 14.9 Å². The maximum absolute atomic E-state index is 11.6. The molecule has 2 unspecified atom stereocenters. The fourth-order valence-electron chi connectivity index (χ4n) is 2.72. The molecule has 0 aromatic carbocycles. The van der Waals surface area contributed by atoms with Crippen LogP contribution in [0.5, 0.6) is 0 Å². The van der Waals surface area contributed by atoms with Crippen LogP contribution in [0.2, 0.25) is 0 Å². The van der Waals surface area contributed by atoms with E-state index in [0.717, 1.165) is 18.5 Å². The highest BCUT2D eigenvalue weighted by atomic mass is 16.6. The Labute approximate surface area is 99.9 Å². The van der Waals surface area contributed by atoms with Gasteiger partial charge in [-0.25, -0.2) is 0 Å². The quantitative estimate of drug-likeness (QED) is 0.517. The topological polar surface area (TPSA) is 63.5 Å². The number of carbonyl (C=O) groups is 1. The molecule has 2 rings (SSSR count). The van der Waals surface area contributed by atoms with Crippen molar-refractivity contribution in [1.29, 1.82) is 0 Å². The molecule has 1 saturated heterocycles. The number of amides is 1. The molecule has 17 heavy (non-hydrogen) atoms. The molecule has 0 aromatic heterocycles. The van der Waals surface area contributed by atoms with Gasteiger partial charge in [0.25, 0.3) is 0 Å². The number of fused-ring (bicyclic) bond motifs is 1. The molecule has 1 aliphatic carbocycles. The van der Waals surface area contributed by atoms with Gasteiger partial charge in [-0.15, -0.1) is 0 Å². The van der Waals surface area contributed by atoms with Crippen LogP contribution in [-0.2, 0) is 4.79 Å². The first-order valence-electron chi connectivity index (χ1n) is 5.85. The molecular weight excluding hydrogens is 220 g/mol. The van der Waals surface area contributed by atoms with Crippen molar-refractivity contribution in [3.05, 3.63) is 33.7 Å². The molecule has 0 spiro atoms. The van der Waals surface area contributed by atoms with Gasteiger partial charge >= 0.3 is 0 Å². The standard InChI is InChI=1S/C12H16N2O3/c1-8-3-4-10-7-11(14(16)17)5-6-12(10)13(8)9(2)15/h5-6,8,10H,3-4,7H2,1-2H3. The summed E-state index contributed by atoms with van der Waals surface area (Å²) in [7, 11) is 0. The van der Waals surface area contributed by atoms with Crippen LogP contribution in [0.1, 0.15) is 33.1 Å². The maximum Gasteiger partial charge on any atom is 0.246 e. The van der Waals surface area contributed by atoms with Crippen molar-refractivity contribution in [2.24, 2.45) is 5.92 Å². The van der Waals surface area contributed by atoms with Gasteiger partial charge in [0.1, 0.15) is 0 Å². The second-order valence-corrected chi connectivity index (χ2v) is 4.72. The first-order valence-corrected chi connectivity index (χ1v) is 5.85. The lowest BCUT2D eigenvalue weighted by molar-refractivity contribution is -0.429. The summed E-state index contributed by atoms with van der Waals surface area (Å²) in [5, 5.41) is 10.7. The van der Waals surface area contributed by atoms with E-state index in [2.05, 4.69) is 0 Å². The number of nitro groups is 1. The number of nitrogens with zero attached hydrogens (tertiary/aromatic N) is 2. The van der Waals surface area contributed by atoms with E-state index in [0.29, 0.717) is 6.42 Å². The first kappa shape index (κ1) is 11.8. The highest BCUT2D eigenvalue weighted by Crippen LogP contribution is 2.37. The lowest BCUT2D eigenvalue weighted by Gasteiger charge is -2.40. The van der Waals surface area contributed by atoms with E-state index in [1.54, 1.807) is 17.9 Å². The molecule has 1 heterocycles. The molecule has 1 amide bonds. The van der Waals surface area contributed by atoms with E-state index >= 15 is 0 Å². The number of hydrogen-bond donors (Lipinski definition) is 0. The molecule has 5 nitrogen and oxygen atoms in total. The molecule has 0 N–H and O–H groups in total. The number of piperidine rings is 1. The molecule has 0 radical (unpaired) electrons. The number of likely N-dealkylation sites (tertiary alicyclic amines) is 1. The van der Waals surface area contributed by atoms with E-state index in [-0.39, 0.29) is 28.5 Å². The van der Waals surface area contributed by atoms with Crippen molar-refractivity contribution in [2.75, 3.05) is 0 Å². The molecule has 1 aliphatic heterocycles. The summed E-state index contributed by atoms with van der Waals surface area (Å²) in [6, 6.07) is 0.195. The predicted octanol–water partition coefficient (Wildman–Crippen LogP) is 2.08. The average molecular weight is 236 g/mol. The second-order valence-electron chi connectivity index (χ2n) is 4.72. The van der Waals surface area contributed by atoms with Crippen LogP contribution in [0, 0.1) is 16.0 Å². The monoisotopic (exact) mass is 236 g/mol. The van der Waals surface area contributed by atoms with Crippen LogP contribution in [0.4, 0.5) is 0 Å². The summed E-state index contributed by atoms with van der Waals surface area (Å²) < 4.78 is 0. The highest BCUT2D eigenvalue weighted by molar-refractivity contribution is 5.76. The molecule has 5 heteroatoms. The van der Waals surface area contributed by atoms with Gasteiger partial charge in [0.05, 0.1) is 4.92 Å². The molecule has 92 valence electrons. The van der Waals surface area contributed by atoms with Crippen LogP contribution in [0.15, 0.2) is 23.5 Å². The van der Waals surface area contributed by atoms with Crippen LogP contribution in [0.25, 0.3) is 0 Å². The summed E-state index contributed by atoms with van der Waals surface area (Å²) in [5.41, 5.74) is 1.19. The number of rotatable bonds is 1. The van der Waals surface area contributed by atoms with Crippen molar-refractivity contribution in [3.8, 4) is 0 Å². The molecule has 0 saturated carbocycles. The fraction of sp³-hybridized carbons (Fsp3) is 0.583. The Hall–Kier alpha value is -1.65. The van der Waals surface area contributed by atoms with Crippen LogP contribution in [-0.4, -0.2) is 21.8 Å². The maximum atomic E-state index is 11.6. The summed E-state index contributed by atoms with van der Waals surface area (Å²) in [4.78, 5) is 23.8. The molecular formula is C12H16N2O3. The van der Waals surface area contributed by atoms with Gasteiger partial charge < -0.3 is 4.90 Å². The minimum Gasteiger partial charge on any atom is -0.313 e. The molecule has 0 aromatic rings. The minimum atomic E-state index is -0.330. The summed E-state index contributed by atoms with van der Waals surface area (Å²) in [6.45, 7) is 3.57. The van der Waals surface area contributed by atoms with Crippen molar-refractivity contribution < 1.29 is 9.72 Å². The zero-order chi connectivity index (χ0) is 12.6. The summed E-state index contributed by atoms with van der Waals surface area (Å²) >= 11 is 0. The third-order valence-electron chi connectivity index (χ3n) is 3.55. The van der Waals surface area contributed by atoms with Crippen molar-refractivity contribution >= 4 is 5.91 Å². The van der Waals surface area contributed by atoms with Crippen LogP contribution >= 0.6 is 0 Å². The summed E-state index contributed by atoms with van der Waals surface area (Å²) in [6.07, 6.45) is 5.53. The van der Waals surface area contributed by atoms with Gasteiger partial charge in [-0.05, 0) is 25.8 Å². The molecule has 0 bridgehead atoms. The van der Waals surface area contributed by atoms with E-state index < -0.39 is 0 Å². The largest absolute Gasteiger partial charge is 0.313 e. The van der Waals surface area contributed by atoms with Gasteiger partial charge in [0.15, 0.2) is 0 Å². The Morgan fingerprint density at radius 2 is 2.18 bits per heavy atom. The lowest BCUT2D eigenvalue weighted by atomic mass is 9.84. The van der Waals surface area contributed by atoms with Gasteiger partial charge in [-0.2, -0.15) is 0 Å². The Bertz CT molecular complexity index is 425. The SMILES string of the molecule is CC(=O)N1C2=CC=C([N+](=O)[O-])CC2CCC1C. The number of carbonyl (C=O) groups excluding carboxylic acids is 1. The Balaban J connectivity index is 2.32. The van der Waals surface area contributed by atoms with E-state index in [4.69, 9.17) is 0 Å². The van der Waals surface area contributed by atoms with Gasteiger partial charge in [0.2, 0.25) is 11.6 Å².